The van der Waals surface area contributed by atoms with Gasteiger partial charge in [0.25, 0.3) is 0 Å². The lowest BCUT2D eigenvalue weighted by atomic mass is 10.0. The van der Waals surface area contributed by atoms with Crippen molar-refractivity contribution in [2.45, 2.75) is 12.2 Å². The fraction of sp³-hybridized carbons (Fsp3) is 0.273. The number of hydrogen-bond acceptors (Lipinski definition) is 5. The summed E-state index contributed by atoms with van der Waals surface area (Å²) in [6.45, 7) is -0.691. The molecule has 4 N–H and O–H groups in total. The summed E-state index contributed by atoms with van der Waals surface area (Å²) < 4.78 is 4.88. The summed E-state index contributed by atoms with van der Waals surface area (Å²) >= 11 is 5.69. The fourth-order valence-corrected chi connectivity index (χ4v) is 1.48. The van der Waals surface area contributed by atoms with Gasteiger partial charge in [0, 0.05) is 10.6 Å². The molecule has 0 amide bonds. The van der Waals surface area contributed by atoms with E-state index in [1.165, 1.54) is 18.2 Å². The van der Waals surface area contributed by atoms with Gasteiger partial charge in [-0.15, -0.1) is 0 Å². The minimum Gasteiger partial charge on any atom is -0.481 e. The van der Waals surface area contributed by atoms with Crippen LogP contribution in [0.15, 0.2) is 18.2 Å². The Kier molecular flexibility index (Phi) is 5.11. The van der Waals surface area contributed by atoms with Crippen LogP contribution in [0.3, 0.4) is 0 Å². The predicted molar refractivity (Wildman–Crippen MR) is 63.2 cm³/mol. The molecule has 0 saturated heterocycles. The van der Waals surface area contributed by atoms with Gasteiger partial charge in [0.15, 0.2) is 12.7 Å². The molecule has 0 aromatic heterocycles. The quantitative estimate of drug-likeness (QED) is 0.593. The number of benzene rings is 1. The van der Waals surface area contributed by atoms with Crippen molar-refractivity contribution in [3.63, 3.8) is 0 Å². The number of aliphatic hydroxyl groups is 2. The maximum atomic E-state index is 10.6. The summed E-state index contributed by atoms with van der Waals surface area (Å²) in [4.78, 5) is 21.0. The van der Waals surface area contributed by atoms with Gasteiger partial charge in [-0.2, -0.15) is 0 Å². The molecule has 0 bridgehead atoms. The van der Waals surface area contributed by atoms with E-state index in [0.717, 1.165) is 0 Å². The Balaban J connectivity index is 3.04. The van der Waals surface area contributed by atoms with E-state index in [4.69, 9.17) is 26.6 Å². The van der Waals surface area contributed by atoms with Crippen LogP contribution in [-0.4, -0.2) is 45.1 Å². The number of aliphatic hydroxyl groups excluding tert-OH is 2. The predicted octanol–water partition coefficient (Wildman–Crippen LogP) is 0.282. The number of carboxylic acids is 2. The Hall–Kier alpha value is -1.83. The second-order valence-electron chi connectivity index (χ2n) is 3.59. The molecule has 1 aromatic carbocycles. The van der Waals surface area contributed by atoms with Crippen molar-refractivity contribution < 1.29 is 34.8 Å². The van der Waals surface area contributed by atoms with Crippen LogP contribution in [-0.2, 0) is 9.59 Å². The third-order valence-electron chi connectivity index (χ3n) is 2.20. The summed E-state index contributed by atoms with van der Waals surface area (Å²) in [5.74, 6) is -2.98. The molecule has 7 nitrogen and oxygen atoms in total. The van der Waals surface area contributed by atoms with Gasteiger partial charge < -0.3 is 25.2 Å². The van der Waals surface area contributed by atoms with Crippen molar-refractivity contribution in [3.05, 3.63) is 28.8 Å². The smallest absolute Gasteiger partial charge is 0.341 e. The van der Waals surface area contributed by atoms with Crippen LogP contribution in [0.4, 0.5) is 0 Å². The van der Waals surface area contributed by atoms with Crippen LogP contribution >= 0.6 is 11.6 Å². The van der Waals surface area contributed by atoms with Gasteiger partial charge in [0.05, 0.1) is 0 Å². The summed E-state index contributed by atoms with van der Waals surface area (Å²) in [5, 5.41) is 36.3. The highest BCUT2D eigenvalue weighted by atomic mass is 35.5. The van der Waals surface area contributed by atoms with Crippen molar-refractivity contribution in [2.24, 2.45) is 0 Å². The average molecular weight is 291 g/mol. The lowest BCUT2D eigenvalue weighted by Crippen LogP contribution is -2.28. The standard InChI is InChI=1S/C11H11ClO7/c12-5-1-2-6(9(15)10(16)11(17)18)7(3-5)19-4-8(13)14/h1-3,9-10,15-16H,4H2,(H,13,14)(H,17,18). The molecule has 0 radical (unpaired) electrons. The molecule has 0 fully saturated rings. The highest BCUT2D eigenvalue weighted by Gasteiger charge is 2.28. The largest absolute Gasteiger partial charge is 0.481 e. The topological polar surface area (TPSA) is 124 Å². The zero-order valence-corrected chi connectivity index (χ0v) is 10.2. The van der Waals surface area contributed by atoms with Crippen LogP contribution in [0.2, 0.25) is 5.02 Å². The normalized spacial score (nSPS) is 13.6. The van der Waals surface area contributed by atoms with Gasteiger partial charge in [-0.3, -0.25) is 0 Å². The van der Waals surface area contributed by atoms with Crippen LogP contribution in [0.5, 0.6) is 5.75 Å². The van der Waals surface area contributed by atoms with Crippen molar-refractivity contribution >= 4 is 23.5 Å². The van der Waals surface area contributed by atoms with Crippen molar-refractivity contribution in [1.29, 1.82) is 0 Å². The van der Waals surface area contributed by atoms with Crippen molar-refractivity contribution in [2.75, 3.05) is 6.61 Å². The second-order valence-corrected chi connectivity index (χ2v) is 4.03. The number of halogens is 1. The first-order valence-electron chi connectivity index (χ1n) is 5.06. The lowest BCUT2D eigenvalue weighted by Gasteiger charge is -2.18. The zero-order chi connectivity index (χ0) is 14.6. The van der Waals surface area contributed by atoms with E-state index >= 15 is 0 Å². The summed E-state index contributed by atoms with van der Waals surface area (Å²) in [6, 6.07) is 3.82. The first-order valence-corrected chi connectivity index (χ1v) is 5.43. The average Bonchev–Trinajstić information content (AvgIpc) is 2.34. The molecule has 0 aliphatic heterocycles. The molecule has 1 rings (SSSR count). The Bertz CT molecular complexity index is 488. The number of ether oxygens (including phenoxy) is 1. The molecule has 19 heavy (non-hydrogen) atoms. The molecule has 0 aliphatic rings. The van der Waals surface area contributed by atoms with Gasteiger partial charge in [-0.1, -0.05) is 17.7 Å². The van der Waals surface area contributed by atoms with E-state index in [2.05, 4.69) is 0 Å². The van der Waals surface area contributed by atoms with E-state index in [-0.39, 0.29) is 16.3 Å². The van der Waals surface area contributed by atoms with Crippen molar-refractivity contribution in [1.82, 2.24) is 0 Å². The van der Waals surface area contributed by atoms with Gasteiger partial charge in [-0.05, 0) is 12.1 Å². The summed E-state index contributed by atoms with van der Waals surface area (Å²) in [6.07, 6.45) is -3.83. The highest BCUT2D eigenvalue weighted by Crippen LogP contribution is 2.30. The number of aliphatic carboxylic acids is 2. The SMILES string of the molecule is O=C(O)COc1cc(Cl)ccc1C(O)C(O)C(=O)O. The van der Waals surface area contributed by atoms with Gasteiger partial charge >= 0.3 is 11.9 Å². The maximum absolute atomic E-state index is 10.6. The molecule has 0 aliphatic carbocycles. The molecule has 2 atom stereocenters. The molecular weight excluding hydrogens is 280 g/mol. The number of hydrogen-bond donors (Lipinski definition) is 4. The highest BCUT2D eigenvalue weighted by molar-refractivity contribution is 6.30. The van der Waals surface area contributed by atoms with Crippen LogP contribution in [0.25, 0.3) is 0 Å². The fourth-order valence-electron chi connectivity index (χ4n) is 1.32. The molecule has 8 heteroatoms. The van der Waals surface area contributed by atoms with E-state index in [0.29, 0.717) is 0 Å². The molecule has 0 spiro atoms. The summed E-state index contributed by atoms with van der Waals surface area (Å²) in [5.41, 5.74) is -0.0689. The Morgan fingerprint density at radius 3 is 2.42 bits per heavy atom. The van der Waals surface area contributed by atoms with Gasteiger partial charge in [0.1, 0.15) is 11.9 Å². The zero-order valence-electron chi connectivity index (χ0n) is 9.49. The maximum Gasteiger partial charge on any atom is 0.341 e. The van der Waals surface area contributed by atoms with E-state index in [1.54, 1.807) is 0 Å². The molecule has 2 unspecified atom stereocenters. The summed E-state index contributed by atoms with van der Waals surface area (Å²) in [7, 11) is 0. The minimum absolute atomic E-state index is 0.0689. The Morgan fingerprint density at radius 1 is 1.26 bits per heavy atom. The van der Waals surface area contributed by atoms with Gasteiger partial charge in [-0.25, -0.2) is 9.59 Å². The van der Waals surface area contributed by atoms with Crippen LogP contribution in [0.1, 0.15) is 11.7 Å². The minimum atomic E-state index is -2.06. The lowest BCUT2D eigenvalue weighted by molar-refractivity contribution is -0.153. The van der Waals surface area contributed by atoms with E-state index in [1.807, 2.05) is 0 Å². The van der Waals surface area contributed by atoms with E-state index < -0.39 is 30.8 Å². The molecule has 0 saturated carbocycles. The third kappa shape index (κ3) is 4.09. The Morgan fingerprint density at radius 2 is 1.89 bits per heavy atom. The first-order chi connectivity index (χ1) is 8.82. The molecular formula is C11H11ClO7. The molecule has 104 valence electrons. The number of carboxylic acid groups (broad SMARTS) is 2. The van der Waals surface area contributed by atoms with Gasteiger partial charge in [0.2, 0.25) is 0 Å². The number of carbonyl (C=O) groups is 2. The monoisotopic (exact) mass is 290 g/mol. The van der Waals surface area contributed by atoms with E-state index in [9.17, 15) is 19.8 Å². The van der Waals surface area contributed by atoms with Crippen LogP contribution in [0, 0.1) is 0 Å². The molecule has 0 heterocycles. The Labute approximate surface area is 112 Å². The first kappa shape index (κ1) is 15.2. The van der Waals surface area contributed by atoms with Crippen molar-refractivity contribution in [3.8, 4) is 5.75 Å². The second kappa shape index (κ2) is 6.37. The third-order valence-corrected chi connectivity index (χ3v) is 2.43. The number of rotatable bonds is 6. The van der Waals surface area contributed by atoms with Crippen LogP contribution < -0.4 is 4.74 Å². The molecule has 1 aromatic rings.